The Bertz CT molecular complexity index is 998. The van der Waals surface area contributed by atoms with Crippen molar-refractivity contribution in [1.82, 2.24) is 9.55 Å². The molecular formula is C17H12ClF3N2O2S. The fourth-order valence-electron chi connectivity index (χ4n) is 2.31. The number of pyridine rings is 1. The van der Waals surface area contributed by atoms with Crippen molar-refractivity contribution in [2.75, 3.05) is 7.11 Å². The topological polar surface area (TPSA) is 44.1 Å². The molecule has 26 heavy (non-hydrogen) atoms. The van der Waals surface area contributed by atoms with Crippen LogP contribution in [0.1, 0.15) is 11.3 Å². The van der Waals surface area contributed by atoms with Gasteiger partial charge in [0.05, 0.1) is 24.9 Å². The smallest absolute Gasteiger partial charge is 0.417 e. The maximum Gasteiger partial charge on any atom is 0.417 e. The average molecular weight is 401 g/mol. The van der Waals surface area contributed by atoms with Crippen LogP contribution in [0, 0.1) is 0 Å². The van der Waals surface area contributed by atoms with Crippen molar-refractivity contribution in [2.24, 2.45) is 0 Å². The molecule has 4 nitrogen and oxygen atoms in total. The second kappa shape index (κ2) is 7.13. The molecule has 0 aliphatic heterocycles. The van der Waals surface area contributed by atoms with E-state index in [0.29, 0.717) is 22.5 Å². The number of alkyl halides is 3. The zero-order chi connectivity index (χ0) is 18.9. The van der Waals surface area contributed by atoms with Crippen molar-refractivity contribution in [3.63, 3.8) is 0 Å². The molecule has 3 rings (SSSR count). The van der Waals surface area contributed by atoms with Crippen LogP contribution in [-0.2, 0) is 12.7 Å². The molecule has 0 amide bonds. The van der Waals surface area contributed by atoms with Crippen LogP contribution in [0.5, 0.6) is 5.75 Å². The molecule has 0 N–H and O–H groups in total. The SMILES string of the molecule is COc1cccc(-c2nc(Cn3cc(C(F)(F)F)cc(Cl)c3=O)cs2)c1. The van der Waals surface area contributed by atoms with Crippen LogP contribution in [0.3, 0.4) is 0 Å². The zero-order valence-corrected chi connectivity index (χ0v) is 15.0. The zero-order valence-electron chi connectivity index (χ0n) is 13.4. The van der Waals surface area contributed by atoms with Crippen LogP contribution in [0.4, 0.5) is 13.2 Å². The summed E-state index contributed by atoms with van der Waals surface area (Å²) in [5.41, 5.74) is -0.402. The minimum atomic E-state index is -4.59. The third-order valence-corrected chi connectivity index (χ3v) is 4.78. The van der Waals surface area contributed by atoms with Crippen LogP contribution < -0.4 is 10.3 Å². The molecule has 2 heterocycles. The molecule has 9 heteroatoms. The molecule has 0 fully saturated rings. The summed E-state index contributed by atoms with van der Waals surface area (Å²) in [4.78, 5) is 16.4. The molecule has 0 aliphatic carbocycles. The third kappa shape index (κ3) is 3.91. The van der Waals surface area contributed by atoms with Crippen LogP contribution in [0.25, 0.3) is 10.6 Å². The molecule has 0 atom stereocenters. The van der Waals surface area contributed by atoms with Gasteiger partial charge in [0.2, 0.25) is 0 Å². The van der Waals surface area contributed by atoms with Crippen LogP contribution >= 0.6 is 22.9 Å². The maximum atomic E-state index is 12.9. The van der Waals surface area contributed by atoms with Gasteiger partial charge in [0, 0.05) is 17.1 Å². The molecule has 1 aromatic carbocycles. The second-order valence-electron chi connectivity index (χ2n) is 5.38. The highest BCUT2D eigenvalue weighted by Crippen LogP contribution is 2.30. The number of aromatic nitrogens is 2. The number of ether oxygens (including phenoxy) is 1. The Morgan fingerprint density at radius 1 is 1.31 bits per heavy atom. The molecule has 2 aromatic heterocycles. The Morgan fingerprint density at radius 3 is 2.77 bits per heavy atom. The van der Waals surface area contributed by atoms with Crippen LogP contribution in [-0.4, -0.2) is 16.7 Å². The van der Waals surface area contributed by atoms with Gasteiger partial charge in [-0.25, -0.2) is 4.98 Å². The lowest BCUT2D eigenvalue weighted by Gasteiger charge is -2.11. The first kappa shape index (κ1) is 18.5. The molecule has 0 aliphatic rings. The average Bonchev–Trinajstić information content (AvgIpc) is 3.06. The van der Waals surface area contributed by atoms with Gasteiger partial charge in [-0.05, 0) is 18.2 Å². The highest BCUT2D eigenvalue weighted by molar-refractivity contribution is 7.13. The van der Waals surface area contributed by atoms with Gasteiger partial charge >= 0.3 is 6.18 Å². The fraction of sp³-hybridized carbons (Fsp3) is 0.176. The van der Waals surface area contributed by atoms with Crippen LogP contribution in [0.15, 0.2) is 46.7 Å². The second-order valence-corrected chi connectivity index (χ2v) is 6.65. The Hall–Kier alpha value is -2.32. The lowest BCUT2D eigenvalue weighted by molar-refractivity contribution is -0.138. The van der Waals surface area contributed by atoms with E-state index in [4.69, 9.17) is 16.3 Å². The van der Waals surface area contributed by atoms with E-state index in [0.717, 1.165) is 16.3 Å². The number of methoxy groups -OCH3 is 1. The number of benzene rings is 1. The van der Waals surface area contributed by atoms with E-state index in [9.17, 15) is 18.0 Å². The molecule has 0 bridgehead atoms. The molecule has 3 aromatic rings. The molecule has 0 saturated heterocycles. The molecule has 0 radical (unpaired) electrons. The van der Waals surface area contributed by atoms with E-state index in [-0.39, 0.29) is 6.54 Å². The van der Waals surface area contributed by atoms with Crippen molar-refractivity contribution >= 4 is 22.9 Å². The number of nitrogens with zero attached hydrogens (tertiary/aromatic N) is 2. The van der Waals surface area contributed by atoms with E-state index in [1.165, 1.54) is 11.3 Å². The van der Waals surface area contributed by atoms with Gasteiger partial charge < -0.3 is 9.30 Å². The molecule has 0 spiro atoms. The van der Waals surface area contributed by atoms with Gasteiger partial charge in [-0.2, -0.15) is 13.2 Å². The van der Waals surface area contributed by atoms with E-state index in [1.54, 1.807) is 24.6 Å². The highest BCUT2D eigenvalue weighted by Gasteiger charge is 2.32. The minimum Gasteiger partial charge on any atom is -0.497 e. The van der Waals surface area contributed by atoms with E-state index < -0.39 is 22.3 Å². The summed E-state index contributed by atoms with van der Waals surface area (Å²) in [6.45, 7) is -0.108. The predicted molar refractivity (Wildman–Crippen MR) is 93.9 cm³/mol. The van der Waals surface area contributed by atoms with Gasteiger partial charge in [0.15, 0.2) is 0 Å². The lowest BCUT2D eigenvalue weighted by atomic mass is 10.2. The first-order chi connectivity index (χ1) is 12.3. The first-order valence-corrected chi connectivity index (χ1v) is 8.59. The van der Waals surface area contributed by atoms with Crippen molar-refractivity contribution in [3.05, 3.63) is 68.5 Å². The Kier molecular flexibility index (Phi) is 5.06. The van der Waals surface area contributed by atoms with Crippen molar-refractivity contribution in [1.29, 1.82) is 0 Å². The Morgan fingerprint density at radius 2 is 2.08 bits per heavy atom. The summed E-state index contributed by atoms with van der Waals surface area (Å²) in [5.74, 6) is 0.667. The fourth-order valence-corrected chi connectivity index (χ4v) is 3.35. The third-order valence-electron chi connectivity index (χ3n) is 3.57. The van der Waals surface area contributed by atoms with Gasteiger partial charge in [0.1, 0.15) is 15.8 Å². The number of thiazole rings is 1. The Labute approximate surface area is 155 Å². The number of hydrogen-bond acceptors (Lipinski definition) is 4. The normalized spacial score (nSPS) is 11.6. The number of halogens is 4. The maximum absolute atomic E-state index is 12.9. The largest absolute Gasteiger partial charge is 0.497 e. The highest BCUT2D eigenvalue weighted by atomic mass is 35.5. The molecular weight excluding hydrogens is 389 g/mol. The van der Waals surface area contributed by atoms with Crippen molar-refractivity contribution in [3.8, 4) is 16.3 Å². The van der Waals surface area contributed by atoms with Gasteiger partial charge in [-0.3, -0.25) is 4.79 Å². The monoisotopic (exact) mass is 400 g/mol. The van der Waals surface area contributed by atoms with E-state index in [1.807, 2.05) is 12.1 Å². The van der Waals surface area contributed by atoms with Crippen molar-refractivity contribution < 1.29 is 17.9 Å². The van der Waals surface area contributed by atoms with Gasteiger partial charge in [-0.15, -0.1) is 11.3 Å². The summed E-state index contributed by atoms with van der Waals surface area (Å²) < 4.78 is 44.8. The van der Waals surface area contributed by atoms with E-state index >= 15 is 0 Å². The van der Waals surface area contributed by atoms with Crippen molar-refractivity contribution in [2.45, 2.75) is 12.7 Å². The summed E-state index contributed by atoms with van der Waals surface area (Å²) in [6.07, 6.45) is -3.84. The lowest BCUT2D eigenvalue weighted by Crippen LogP contribution is -2.23. The quantitative estimate of drug-likeness (QED) is 0.637. The summed E-state index contributed by atoms with van der Waals surface area (Å²) in [5, 5.41) is 1.88. The first-order valence-electron chi connectivity index (χ1n) is 7.34. The molecule has 0 saturated carbocycles. The summed E-state index contributed by atoms with van der Waals surface area (Å²) in [7, 11) is 1.55. The van der Waals surface area contributed by atoms with Gasteiger partial charge in [0.25, 0.3) is 5.56 Å². The summed E-state index contributed by atoms with van der Waals surface area (Å²) >= 11 is 6.98. The number of hydrogen-bond donors (Lipinski definition) is 0. The molecule has 0 unspecified atom stereocenters. The van der Waals surface area contributed by atoms with E-state index in [2.05, 4.69) is 4.98 Å². The van der Waals surface area contributed by atoms with Crippen LogP contribution in [0.2, 0.25) is 5.02 Å². The van der Waals surface area contributed by atoms with Gasteiger partial charge in [-0.1, -0.05) is 23.7 Å². The standard InChI is InChI=1S/C17H12ClF3N2O2S/c1-25-13-4-2-3-10(5-13)15-22-12(9-26-15)8-23-7-11(17(19,20)21)6-14(18)16(23)24/h2-7,9H,8H2,1H3. The Balaban J connectivity index is 1.92. The number of rotatable bonds is 4. The summed E-state index contributed by atoms with van der Waals surface area (Å²) in [6, 6.07) is 7.88. The molecule has 136 valence electrons. The predicted octanol–water partition coefficient (Wildman–Crippen LogP) is 4.70. The minimum absolute atomic E-state index is 0.108.